The van der Waals surface area contributed by atoms with Gasteiger partial charge in [0, 0.05) is 24.2 Å². The quantitative estimate of drug-likeness (QED) is 0.500. The molecular formula is C28H34N2O4. The fourth-order valence-electron chi connectivity index (χ4n) is 3.97. The monoisotopic (exact) mass is 462 g/mol. The number of nitrogens with one attached hydrogen (secondary N) is 2. The molecule has 6 nitrogen and oxygen atoms in total. The second-order valence-electron chi connectivity index (χ2n) is 8.19. The van der Waals surface area contributed by atoms with Crippen molar-refractivity contribution in [1.29, 1.82) is 0 Å². The van der Waals surface area contributed by atoms with E-state index in [9.17, 15) is 9.59 Å². The molecule has 0 aromatic heterocycles. The molecule has 0 saturated heterocycles. The van der Waals surface area contributed by atoms with E-state index in [1.165, 1.54) is 12.2 Å². The van der Waals surface area contributed by atoms with E-state index in [1.807, 2.05) is 62.4 Å². The van der Waals surface area contributed by atoms with E-state index in [4.69, 9.17) is 9.47 Å². The first-order chi connectivity index (χ1) is 16.6. The zero-order chi connectivity index (χ0) is 24.2. The third-order valence-electron chi connectivity index (χ3n) is 5.66. The summed E-state index contributed by atoms with van der Waals surface area (Å²) >= 11 is 0. The summed E-state index contributed by atoms with van der Waals surface area (Å²) in [6.45, 7) is 5.12. The van der Waals surface area contributed by atoms with Gasteiger partial charge in [-0.15, -0.1) is 0 Å². The number of hydrogen-bond acceptors (Lipinski definition) is 4. The maximum Gasteiger partial charge on any atom is 0.244 e. The van der Waals surface area contributed by atoms with E-state index < -0.39 is 0 Å². The Hall–Kier alpha value is -3.54. The lowest BCUT2D eigenvalue weighted by molar-refractivity contribution is -0.120. The lowest BCUT2D eigenvalue weighted by atomic mass is 9.90. The summed E-state index contributed by atoms with van der Waals surface area (Å²) in [6, 6.07) is 15.0. The number of benzene rings is 2. The van der Waals surface area contributed by atoms with Crippen LogP contribution in [0, 0.1) is 0 Å². The van der Waals surface area contributed by atoms with Crippen LogP contribution in [-0.2, 0) is 9.59 Å². The second-order valence-corrected chi connectivity index (χ2v) is 8.19. The minimum absolute atomic E-state index is 0.0888. The molecule has 2 amide bonds. The summed E-state index contributed by atoms with van der Waals surface area (Å²) in [4.78, 5) is 25.0. The van der Waals surface area contributed by atoms with Crippen molar-refractivity contribution in [2.75, 3.05) is 13.2 Å². The minimum atomic E-state index is -0.162. The highest BCUT2D eigenvalue weighted by atomic mass is 16.5. The first-order valence-corrected chi connectivity index (χ1v) is 12.0. The third kappa shape index (κ3) is 8.10. The van der Waals surface area contributed by atoms with Crippen LogP contribution in [-0.4, -0.2) is 37.1 Å². The SMILES string of the molecule is CCOc1ccc(/C=C/C(=O)NC2CCCCC2NC(=O)/C=C/c2ccc(OCC)cc2)cc1. The van der Waals surface area contributed by atoms with Crippen molar-refractivity contribution in [3.63, 3.8) is 0 Å². The van der Waals surface area contributed by atoms with Gasteiger partial charge in [0.1, 0.15) is 11.5 Å². The summed E-state index contributed by atoms with van der Waals surface area (Å²) < 4.78 is 10.9. The third-order valence-corrected chi connectivity index (χ3v) is 5.66. The molecule has 0 spiro atoms. The molecule has 0 bridgehead atoms. The summed E-state index contributed by atoms with van der Waals surface area (Å²) in [5.41, 5.74) is 1.85. The van der Waals surface area contributed by atoms with Crippen LogP contribution in [0.15, 0.2) is 60.7 Å². The highest BCUT2D eigenvalue weighted by Crippen LogP contribution is 2.19. The van der Waals surface area contributed by atoms with Gasteiger partial charge in [-0.3, -0.25) is 9.59 Å². The van der Waals surface area contributed by atoms with E-state index in [2.05, 4.69) is 10.6 Å². The van der Waals surface area contributed by atoms with E-state index in [0.717, 1.165) is 48.3 Å². The number of rotatable bonds is 10. The normalized spacial score (nSPS) is 18.1. The number of ether oxygens (including phenoxy) is 2. The summed E-state index contributed by atoms with van der Waals surface area (Å²) in [5, 5.41) is 6.13. The van der Waals surface area contributed by atoms with Crippen molar-refractivity contribution in [3.8, 4) is 11.5 Å². The minimum Gasteiger partial charge on any atom is -0.494 e. The highest BCUT2D eigenvalue weighted by Gasteiger charge is 2.26. The van der Waals surface area contributed by atoms with Crippen molar-refractivity contribution in [2.24, 2.45) is 0 Å². The molecule has 2 aromatic rings. The molecule has 1 aliphatic carbocycles. The molecule has 3 rings (SSSR count). The van der Waals surface area contributed by atoms with Gasteiger partial charge in [-0.2, -0.15) is 0 Å². The average molecular weight is 463 g/mol. The van der Waals surface area contributed by atoms with Gasteiger partial charge in [0.05, 0.1) is 13.2 Å². The van der Waals surface area contributed by atoms with Crippen LogP contribution in [0.3, 0.4) is 0 Å². The van der Waals surface area contributed by atoms with Gasteiger partial charge in [0.15, 0.2) is 0 Å². The molecule has 34 heavy (non-hydrogen) atoms. The van der Waals surface area contributed by atoms with E-state index in [-0.39, 0.29) is 23.9 Å². The standard InChI is InChI=1S/C28H34N2O4/c1-3-33-23-15-9-21(10-16-23)13-19-27(31)29-25-7-5-6-8-26(25)30-28(32)20-14-22-11-17-24(18-12-22)34-4-2/h9-20,25-26H,3-8H2,1-2H3,(H,29,31)(H,30,32)/b19-13+,20-14+. The molecule has 2 unspecified atom stereocenters. The molecule has 0 radical (unpaired) electrons. The van der Waals surface area contributed by atoms with Gasteiger partial charge in [0.2, 0.25) is 11.8 Å². The van der Waals surface area contributed by atoms with Crippen molar-refractivity contribution in [2.45, 2.75) is 51.6 Å². The van der Waals surface area contributed by atoms with Crippen molar-refractivity contribution in [3.05, 3.63) is 71.8 Å². The zero-order valence-corrected chi connectivity index (χ0v) is 20.0. The van der Waals surface area contributed by atoms with Crippen LogP contribution >= 0.6 is 0 Å². The predicted octanol–water partition coefficient (Wildman–Crippen LogP) is 4.75. The first-order valence-electron chi connectivity index (χ1n) is 12.0. The second kappa shape index (κ2) is 13.2. The van der Waals surface area contributed by atoms with Crippen molar-refractivity contribution < 1.29 is 19.1 Å². The highest BCUT2D eigenvalue weighted by molar-refractivity contribution is 5.93. The van der Waals surface area contributed by atoms with Crippen LogP contribution < -0.4 is 20.1 Å². The molecule has 1 fully saturated rings. The number of carbonyl (C=O) groups excluding carboxylic acids is 2. The lowest BCUT2D eigenvalue weighted by Crippen LogP contribution is -2.52. The molecule has 1 saturated carbocycles. The summed E-state index contributed by atoms with van der Waals surface area (Å²) in [7, 11) is 0. The molecule has 6 heteroatoms. The molecule has 2 aromatic carbocycles. The van der Waals surface area contributed by atoms with Crippen LogP contribution in [0.2, 0.25) is 0 Å². The van der Waals surface area contributed by atoms with Crippen LogP contribution in [0.5, 0.6) is 11.5 Å². The fraction of sp³-hybridized carbons (Fsp3) is 0.357. The maximum atomic E-state index is 12.5. The fourth-order valence-corrected chi connectivity index (χ4v) is 3.97. The van der Waals surface area contributed by atoms with Crippen LogP contribution in [0.1, 0.15) is 50.7 Å². The summed E-state index contributed by atoms with van der Waals surface area (Å²) in [5.74, 6) is 1.29. The Labute approximate surface area is 202 Å². The van der Waals surface area contributed by atoms with E-state index >= 15 is 0 Å². The molecule has 2 atom stereocenters. The van der Waals surface area contributed by atoms with Crippen molar-refractivity contribution >= 4 is 24.0 Å². The lowest BCUT2D eigenvalue weighted by Gasteiger charge is -2.32. The Kier molecular flexibility index (Phi) is 9.77. The number of carbonyl (C=O) groups is 2. The molecule has 0 heterocycles. The average Bonchev–Trinajstić information content (AvgIpc) is 2.85. The van der Waals surface area contributed by atoms with Gasteiger partial charge < -0.3 is 20.1 Å². The summed E-state index contributed by atoms with van der Waals surface area (Å²) in [6.07, 6.45) is 10.4. The van der Waals surface area contributed by atoms with Gasteiger partial charge in [-0.1, -0.05) is 37.1 Å². The largest absolute Gasteiger partial charge is 0.494 e. The smallest absolute Gasteiger partial charge is 0.244 e. The van der Waals surface area contributed by atoms with Gasteiger partial charge in [-0.25, -0.2) is 0 Å². The Morgan fingerprint density at radius 1 is 0.735 bits per heavy atom. The molecule has 0 aliphatic heterocycles. The maximum absolute atomic E-state index is 12.5. The zero-order valence-electron chi connectivity index (χ0n) is 20.0. The Bertz CT molecular complexity index is 899. The molecule has 180 valence electrons. The van der Waals surface area contributed by atoms with Crippen LogP contribution in [0.4, 0.5) is 0 Å². The molecular weight excluding hydrogens is 428 g/mol. The molecule has 1 aliphatic rings. The number of hydrogen-bond donors (Lipinski definition) is 2. The Morgan fingerprint density at radius 3 is 1.47 bits per heavy atom. The van der Waals surface area contributed by atoms with E-state index in [0.29, 0.717) is 13.2 Å². The Balaban J connectivity index is 1.51. The van der Waals surface area contributed by atoms with Gasteiger partial charge in [0.25, 0.3) is 0 Å². The molecule has 2 N–H and O–H groups in total. The number of amides is 2. The topological polar surface area (TPSA) is 76.7 Å². The van der Waals surface area contributed by atoms with Gasteiger partial charge in [-0.05, 0) is 74.2 Å². The van der Waals surface area contributed by atoms with E-state index in [1.54, 1.807) is 12.2 Å². The Morgan fingerprint density at radius 2 is 1.12 bits per heavy atom. The van der Waals surface area contributed by atoms with Crippen molar-refractivity contribution in [1.82, 2.24) is 10.6 Å². The predicted molar refractivity (Wildman–Crippen MR) is 136 cm³/mol. The van der Waals surface area contributed by atoms with Gasteiger partial charge >= 0.3 is 0 Å². The first kappa shape index (κ1) is 25.1. The van der Waals surface area contributed by atoms with Crippen LogP contribution in [0.25, 0.3) is 12.2 Å².